The van der Waals surface area contributed by atoms with Crippen molar-refractivity contribution in [2.75, 3.05) is 6.54 Å². The Labute approximate surface area is 153 Å². The maximum absolute atomic E-state index is 12.2. The number of aliphatic carboxylic acids is 1. The van der Waals surface area contributed by atoms with Crippen LogP contribution in [0, 0.1) is 10.1 Å². The number of amides is 2. The van der Waals surface area contributed by atoms with E-state index >= 15 is 0 Å². The number of carbonyl (C=O) groups is 3. The molecule has 0 radical (unpaired) electrons. The zero-order valence-electron chi connectivity index (χ0n) is 12.6. The smallest absolute Gasteiger partial charge is 0.550 e. The summed E-state index contributed by atoms with van der Waals surface area (Å²) in [7, 11) is 0. The second kappa shape index (κ2) is 8.19. The van der Waals surface area contributed by atoms with Crippen LogP contribution in [0.4, 0.5) is 5.69 Å². The molecule has 0 aromatic heterocycles. The predicted molar refractivity (Wildman–Crippen MR) is 71.9 cm³/mol. The number of nitrogens with zero attached hydrogens (tertiary/aromatic N) is 2. The van der Waals surface area contributed by atoms with Gasteiger partial charge in [0, 0.05) is 18.6 Å². The van der Waals surface area contributed by atoms with Crippen molar-refractivity contribution in [1.29, 1.82) is 0 Å². The summed E-state index contributed by atoms with van der Waals surface area (Å²) >= 11 is 0. The van der Waals surface area contributed by atoms with E-state index in [0.717, 1.165) is 4.90 Å². The van der Waals surface area contributed by atoms with Gasteiger partial charge in [-0.3, -0.25) is 24.6 Å². The number of imide groups is 1. The van der Waals surface area contributed by atoms with Crippen LogP contribution in [0.5, 0.6) is 0 Å². The molecule has 1 aromatic carbocycles. The van der Waals surface area contributed by atoms with Crippen LogP contribution in [0.2, 0.25) is 0 Å². The van der Waals surface area contributed by atoms with Gasteiger partial charge in [0.2, 0.25) is 0 Å². The Hall–Kier alpha value is -1.77. The molecule has 1 heterocycles. The fourth-order valence-electron chi connectivity index (χ4n) is 2.39. The van der Waals surface area contributed by atoms with Crippen LogP contribution < -0.4 is 34.7 Å². The summed E-state index contributed by atoms with van der Waals surface area (Å²) in [6, 6.07) is 3.94. The topological polar surface area (TPSA) is 121 Å². The van der Waals surface area contributed by atoms with Crippen LogP contribution in [-0.4, -0.2) is 34.2 Å². The van der Waals surface area contributed by atoms with Crippen LogP contribution in [0.25, 0.3) is 0 Å². The maximum Gasteiger partial charge on any atom is 1.00 e. The van der Waals surface area contributed by atoms with Crippen molar-refractivity contribution in [3.63, 3.8) is 0 Å². The standard InChI is InChI=1S/C14H14N2O6.Na/c17-11(18)7-2-1-3-8-15-13(19)9-5-4-6-10(16(21)22)12(9)14(15)20;/h4-6H,1-3,7-8H2,(H,17,18);/q;+1/p-1. The van der Waals surface area contributed by atoms with E-state index < -0.39 is 22.7 Å². The number of rotatable bonds is 7. The molecule has 0 saturated carbocycles. The van der Waals surface area contributed by atoms with Crippen LogP contribution in [-0.2, 0) is 4.79 Å². The first-order chi connectivity index (χ1) is 10.4. The van der Waals surface area contributed by atoms with Gasteiger partial charge < -0.3 is 9.90 Å². The molecule has 0 aliphatic carbocycles. The zero-order chi connectivity index (χ0) is 16.3. The second-order valence-electron chi connectivity index (χ2n) is 4.90. The molecule has 2 amide bonds. The molecule has 0 N–H and O–H groups in total. The van der Waals surface area contributed by atoms with Crippen molar-refractivity contribution in [2.24, 2.45) is 0 Å². The molecule has 9 heteroatoms. The molecular weight excluding hydrogens is 315 g/mol. The molecule has 0 atom stereocenters. The third-order valence-electron chi connectivity index (χ3n) is 3.44. The van der Waals surface area contributed by atoms with Gasteiger partial charge in [0.15, 0.2) is 0 Å². The Morgan fingerprint density at radius 2 is 1.83 bits per heavy atom. The zero-order valence-corrected chi connectivity index (χ0v) is 14.6. The number of nitro groups is 1. The first-order valence-corrected chi connectivity index (χ1v) is 6.77. The second-order valence-corrected chi connectivity index (χ2v) is 4.90. The van der Waals surface area contributed by atoms with E-state index in [-0.39, 0.29) is 59.3 Å². The minimum absolute atomic E-state index is 0. The van der Waals surface area contributed by atoms with Crippen molar-refractivity contribution < 1.29 is 54.0 Å². The Balaban J connectivity index is 0.00000264. The molecule has 0 fully saturated rings. The van der Waals surface area contributed by atoms with E-state index in [1.54, 1.807) is 0 Å². The molecular formula is C14H13N2NaO6. The Bertz CT molecular complexity index is 661. The molecule has 116 valence electrons. The molecule has 0 bridgehead atoms. The summed E-state index contributed by atoms with van der Waals surface area (Å²) < 4.78 is 0. The van der Waals surface area contributed by atoms with Crippen LogP contribution in [0.15, 0.2) is 18.2 Å². The first kappa shape index (κ1) is 19.3. The average molecular weight is 328 g/mol. The van der Waals surface area contributed by atoms with E-state index in [1.807, 2.05) is 0 Å². The van der Waals surface area contributed by atoms with E-state index in [9.17, 15) is 29.6 Å². The minimum Gasteiger partial charge on any atom is -0.550 e. The molecule has 0 spiro atoms. The molecule has 0 saturated heterocycles. The van der Waals surface area contributed by atoms with Crippen molar-refractivity contribution in [2.45, 2.75) is 25.7 Å². The van der Waals surface area contributed by atoms with Crippen molar-refractivity contribution in [3.05, 3.63) is 39.4 Å². The maximum atomic E-state index is 12.2. The van der Waals surface area contributed by atoms with Crippen molar-refractivity contribution in [3.8, 4) is 0 Å². The molecule has 8 nitrogen and oxygen atoms in total. The third kappa shape index (κ3) is 4.15. The fourth-order valence-corrected chi connectivity index (χ4v) is 2.39. The average Bonchev–Trinajstić information content (AvgIpc) is 2.71. The SMILES string of the molecule is O=C([O-])CCCCCN1C(=O)c2cccc([N+](=O)[O-])c2C1=O.[Na+]. The first-order valence-electron chi connectivity index (χ1n) is 6.77. The normalized spacial score (nSPS) is 12.8. The molecule has 23 heavy (non-hydrogen) atoms. The monoisotopic (exact) mass is 328 g/mol. The minimum atomic E-state index is -1.14. The van der Waals surface area contributed by atoms with Gasteiger partial charge in [0.1, 0.15) is 5.56 Å². The van der Waals surface area contributed by atoms with Gasteiger partial charge in [-0.15, -0.1) is 0 Å². The van der Waals surface area contributed by atoms with Gasteiger partial charge in [-0.05, 0) is 25.3 Å². The number of nitro benzene ring substituents is 1. The summed E-state index contributed by atoms with van der Waals surface area (Å²) in [5.74, 6) is -2.37. The van der Waals surface area contributed by atoms with Crippen LogP contribution in [0.3, 0.4) is 0 Å². The van der Waals surface area contributed by atoms with E-state index in [2.05, 4.69) is 0 Å². The van der Waals surface area contributed by atoms with Crippen molar-refractivity contribution in [1.82, 2.24) is 4.90 Å². The summed E-state index contributed by atoms with van der Waals surface area (Å²) in [6.45, 7) is 0.108. The molecule has 0 unspecified atom stereocenters. The van der Waals surface area contributed by atoms with E-state index in [1.165, 1.54) is 18.2 Å². The Kier molecular flexibility index (Phi) is 6.86. The number of carboxylic acids is 1. The molecule has 1 aromatic rings. The largest absolute Gasteiger partial charge is 1.00 e. The Morgan fingerprint density at radius 3 is 2.43 bits per heavy atom. The van der Waals surface area contributed by atoms with E-state index in [4.69, 9.17) is 0 Å². The number of fused-ring (bicyclic) bond motifs is 1. The van der Waals surface area contributed by atoms with E-state index in [0.29, 0.717) is 19.3 Å². The quantitative estimate of drug-likeness (QED) is 0.179. The molecule has 2 rings (SSSR count). The number of carboxylic acid groups (broad SMARTS) is 1. The number of benzene rings is 1. The number of hydrogen-bond acceptors (Lipinski definition) is 6. The predicted octanol–water partition coefficient (Wildman–Crippen LogP) is -2.49. The van der Waals surface area contributed by atoms with Crippen LogP contribution in [0.1, 0.15) is 46.4 Å². The number of hydrogen-bond donors (Lipinski definition) is 0. The Morgan fingerprint density at radius 1 is 1.13 bits per heavy atom. The summed E-state index contributed by atoms with van der Waals surface area (Å²) in [6.07, 6.45) is 1.27. The summed E-state index contributed by atoms with van der Waals surface area (Å²) in [4.78, 5) is 45.8. The van der Waals surface area contributed by atoms with Gasteiger partial charge in [0.05, 0.1) is 10.5 Å². The third-order valence-corrected chi connectivity index (χ3v) is 3.44. The molecule has 1 aliphatic heterocycles. The molecule has 1 aliphatic rings. The van der Waals surface area contributed by atoms with Gasteiger partial charge in [-0.25, -0.2) is 0 Å². The summed E-state index contributed by atoms with van der Waals surface area (Å²) in [5, 5.41) is 21.2. The fraction of sp³-hybridized carbons (Fsp3) is 0.357. The number of carbonyl (C=O) groups excluding carboxylic acids is 3. The van der Waals surface area contributed by atoms with Crippen LogP contribution >= 0.6 is 0 Å². The van der Waals surface area contributed by atoms with Gasteiger partial charge >= 0.3 is 29.6 Å². The number of unbranched alkanes of at least 4 members (excludes halogenated alkanes) is 2. The van der Waals surface area contributed by atoms with Gasteiger partial charge in [-0.1, -0.05) is 12.5 Å². The van der Waals surface area contributed by atoms with Crippen molar-refractivity contribution >= 4 is 23.5 Å². The van der Waals surface area contributed by atoms with Gasteiger partial charge in [-0.2, -0.15) is 0 Å². The van der Waals surface area contributed by atoms with Gasteiger partial charge in [0.25, 0.3) is 17.5 Å². The summed E-state index contributed by atoms with van der Waals surface area (Å²) in [5.41, 5.74) is -0.517.